The predicted molar refractivity (Wildman–Crippen MR) is 111 cm³/mol. The predicted octanol–water partition coefficient (Wildman–Crippen LogP) is 4.38. The molecule has 3 aromatic carbocycles. The molecule has 3 aromatic rings. The van der Waals surface area contributed by atoms with Crippen LogP contribution in [0, 0.1) is 0 Å². The van der Waals surface area contributed by atoms with E-state index in [0.717, 1.165) is 15.4 Å². The minimum absolute atomic E-state index is 0.155. The van der Waals surface area contributed by atoms with Crippen molar-refractivity contribution >= 4 is 23.9 Å². The molecular weight excluding hydrogens is 372 g/mol. The number of hydrazone groups is 1. The van der Waals surface area contributed by atoms with E-state index in [4.69, 9.17) is 9.47 Å². The normalized spacial score (nSPS) is 10.6. The minimum Gasteiger partial charge on any atom is -0.493 e. The van der Waals surface area contributed by atoms with E-state index in [9.17, 15) is 4.79 Å². The van der Waals surface area contributed by atoms with Gasteiger partial charge in [-0.1, -0.05) is 60.3 Å². The fourth-order valence-corrected chi connectivity index (χ4v) is 3.32. The lowest BCUT2D eigenvalue weighted by atomic mass is 10.2. The third kappa shape index (κ3) is 5.62. The van der Waals surface area contributed by atoms with Crippen LogP contribution < -0.4 is 14.9 Å². The summed E-state index contributed by atoms with van der Waals surface area (Å²) in [5.41, 5.74) is 3.40. The van der Waals surface area contributed by atoms with Gasteiger partial charge >= 0.3 is 0 Å². The number of amides is 1. The summed E-state index contributed by atoms with van der Waals surface area (Å²) < 4.78 is 10.7. The first-order chi connectivity index (χ1) is 13.8. The first kappa shape index (κ1) is 19.5. The van der Waals surface area contributed by atoms with Crippen LogP contribution in [0.4, 0.5) is 0 Å². The number of benzene rings is 3. The molecule has 1 N–H and O–H groups in total. The number of rotatable bonds is 8. The summed E-state index contributed by atoms with van der Waals surface area (Å²) in [6.45, 7) is -0.155. The van der Waals surface area contributed by atoms with Crippen LogP contribution in [0.2, 0.25) is 0 Å². The van der Waals surface area contributed by atoms with Crippen LogP contribution in [0.25, 0.3) is 0 Å². The molecule has 0 aliphatic carbocycles. The molecule has 0 fully saturated rings. The molecule has 6 heteroatoms. The van der Waals surface area contributed by atoms with E-state index >= 15 is 0 Å². The summed E-state index contributed by atoms with van der Waals surface area (Å²) in [4.78, 5) is 14.2. The second-order valence-electron chi connectivity index (χ2n) is 5.69. The van der Waals surface area contributed by atoms with Crippen LogP contribution in [-0.2, 0) is 4.79 Å². The van der Waals surface area contributed by atoms with Crippen LogP contribution in [0.1, 0.15) is 5.56 Å². The molecule has 0 aliphatic rings. The average Bonchev–Trinajstić information content (AvgIpc) is 2.74. The van der Waals surface area contributed by atoms with Gasteiger partial charge in [0.2, 0.25) is 0 Å². The molecule has 5 nitrogen and oxygen atoms in total. The fraction of sp³-hybridized carbons (Fsp3) is 0.0909. The van der Waals surface area contributed by atoms with Crippen LogP contribution >= 0.6 is 11.8 Å². The van der Waals surface area contributed by atoms with Crippen molar-refractivity contribution in [1.29, 1.82) is 0 Å². The Labute approximate surface area is 168 Å². The van der Waals surface area contributed by atoms with Gasteiger partial charge in [-0.05, 0) is 30.3 Å². The van der Waals surface area contributed by atoms with Crippen molar-refractivity contribution in [1.82, 2.24) is 5.43 Å². The monoisotopic (exact) mass is 392 g/mol. The molecule has 0 aromatic heterocycles. The largest absolute Gasteiger partial charge is 0.493 e. The van der Waals surface area contributed by atoms with Gasteiger partial charge in [0.1, 0.15) is 0 Å². The molecule has 0 spiro atoms. The van der Waals surface area contributed by atoms with Crippen molar-refractivity contribution < 1.29 is 14.3 Å². The van der Waals surface area contributed by atoms with E-state index in [2.05, 4.69) is 22.7 Å². The van der Waals surface area contributed by atoms with E-state index in [1.807, 2.05) is 54.6 Å². The number of ether oxygens (including phenoxy) is 2. The van der Waals surface area contributed by atoms with Gasteiger partial charge in [0.15, 0.2) is 18.1 Å². The summed E-state index contributed by atoms with van der Waals surface area (Å²) in [5, 5.41) is 4.05. The highest BCUT2D eigenvalue weighted by molar-refractivity contribution is 7.99. The molecule has 0 saturated carbocycles. The molecule has 3 rings (SSSR count). The lowest BCUT2D eigenvalue weighted by molar-refractivity contribution is -0.123. The second kappa shape index (κ2) is 10.2. The lowest BCUT2D eigenvalue weighted by Gasteiger charge is -2.09. The maximum atomic E-state index is 12.0. The Hall–Kier alpha value is -3.25. The lowest BCUT2D eigenvalue weighted by Crippen LogP contribution is -2.24. The molecule has 0 saturated heterocycles. The highest BCUT2D eigenvalue weighted by Gasteiger charge is 2.06. The number of nitrogens with zero attached hydrogens (tertiary/aromatic N) is 1. The summed E-state index contributed by atoms with van der Waals surface area (Å²) in [6.07, 6.45) is 1.63. The van der Waals surface area contributed by atoms with Crippen LogP contribution in [0.15, 0.2) is 93.8 Å². The Bertz CT molecular complexity index is 945. The van der Waals surface area contributed by atoms with Crippen molar-refractivity contribution in [3.63, 3.8) is 0 Å². The zero-order valence-corrected chi connectivity index (χ0v) is 16.2. The molecule has 0 radical (unpaired) electrons. The van der Waals surface area contributed by atoms with Gasteiger partial charge in [-0.25, -0.2) is 5.43 Å². The molecule has 0 atom stereocenters. The maximum absolute atomic E-state index is 12.0. The number of hydrogen-bond donors (Lipinski definition) is 1. The van der Waals surface area contributed by atoms with E-state index < -0.39 is 0 Å². The Morgan fingerprint density at radius 3 is 2.43 bits per heavy atom. The number of nitrogens with one attached hydrogen (secondary N) is 1. The zero-order valence-electron chi connectivity index (χ0n) is 15.4. The van der Waals surface area contributed by atoms with Gasteiger partial charge in [0, 0.05) is 15.4 Å². The highest BCUT2D eigenvalue weighted by atomic mass is 32.2. The average molecular weight is 392 g/mol. The van der Waals surface area contributed by atoms with Gasteiger partial charge in [-0.15, -0.1) is 0 Å². The number of methoxy groups -OCH3 is 1. The SMILES string of the molecule is COc1ccccc1OCC(=O)NN=Cc1ccccc1Sc1ccccc1. The first-order valence-electron chi connectivity index (χ1n) is 8.66. The third-order valence-corrected chi connectivity index (χ3v) is 4.81. The summed E-state index contributed by atoms with van der Waals surface area (Å²) in [7, 11) is 1.55. The zero-order chi connectivity index (χ0) is 19.6. The van der Waals surface area contributed by atoms with Gasteiger partial charge in [-0.2, -0.15) is 5.10 Å². The van der Waals surface area contributed by atoms with Gasteiger partial charge < -0.3 is 9.47 Å². The molecule has 0 aliphatic heterocycles. The highest BCUT2D eigenvalue weighted by Crippen LogP contribution is 2.29. The van der Waals surface area contributed by atoms with E-state index in [-0.39, 0.29) is 12.5 Å². The molecule has 0 bridgehead atoms. The number of carbonyl (C=O) groups excluding carboxylic acids is 1. The minimum atomic E-state index is -0.352. The van der Waals surface area contributed by atoms with Crippen molar-refractivity contribution in [2.24, 2.45) is 5.10 Å². The van der Waals surface area contributed by atoms with Crippen molar-refractivity contribution in [2.45, 2.75) is 9.79 Å². The van der Waals surface area contributed by atoms with Crippen molar-refractivity contribution in [2.75, 3.05) is 13.7 Å². The molecular formula is C22H20N2O3S. The number of para-hydroxylation sites is 2. The number of carbonyl (C=O) groups is 1. The summed E-state index contributed by atoms with van der Waals surface area (Å²) in [6, 6.07) is 25.1. The topological polar surface area (TPSA) is 59.9 Å². The smallest absolute Gasteiger partial charge is 0.277 e. The molecule has 0 unspecified atom stereocenters. The number of hydrogen-bond acceptors (Lipinski definition) is 5. The third-order valence-electron chi connectivity index (χ3n) is 3.71. The van der Waals surface area contributed by atoms with Crippen LogP contribution in [-0.4, -0.2) is 25.8 Å². The molecule has 28 heavy (non-hydrogen) atoms. The van der Waals surface area contributed by atoms with E-state index in [1.54, 1.807) is 37.2 Å². The standard InChI is InChI=1S/C22H20N2O3S/c1-26-19-12-6-7-13-20(19)27-16-22(25)24-23-15-17-9-5-8-14-21(17)28-18-10-3-2-4-11-18/h2-15H,16H2,1H3,(H,24,25). The van der Waals surface area contributed by atoms with Crippen molar-refractivity contribution in [3.8, 4) is 11.5 Å². The second-order valence-corrected chi connectivity index (χ2v) is 6.80. The summed E-state index contributed by atoms with van der Waals surface area (Å²) >= 11 is 1.64. The fourth-order valence-electron chi connectivity index (χ4n) is 2.38. The molecule has 142 valence electrons. The van der Waals surface area contributed by atoms with E-state index in [1.165, 1.54) is 0 Å². The molecule has 0 heterocycles. The van der Waals surface area contributed by atoms with Gasteiger partial charge in [-0.3, -0.25) is 4.79 Å². The van der Waals surface area contributed by atoms with E-state index in [0.29, 0.717) is 11.5 Å². The molecule has 1 amide bonds. The van der Waals surface area contributed by atoms with Crippen LogP contribution in [0.5, 0.6) is 11.5 Å². The maximum Gasteiger partial charge on any atom is 0.277 e. The quantitative estimate of drug-likeness (QED) is 0.457. The Balaban J connectivity index is 1.56. The Kier molecular flexibility index (Phi) is 7.09. The van der Waals surface area contributed by atoms with Crippen molar-refractivity contribution in [3.05, 3.63) is 84.4 Å². The summed E-state index contributed by atoms with van der Waals surface area (Å²) in [5.74, 6) is 0.731. The Morgan fingerprint density at radius 2 is 1.64 bits per heavy atom. The van der Waals surface area contributed by atoms with Gasteiger partial charge in [0.05, 0.1) is 13.3 Å². The Morgan fingerprint density at radius 1 is 0.964 bits per heavy atom. The van der Waals surface area contributed by atoms with Gasteiger partial charge in [0.25, 0.3) is 5.91 Å². The first-order valence-corrected chi connectivity index (χ1v) is 9.47. The van der Waals surface area contributed by atoms with Crippen LogP contribution in [0.3, 0.4) is 0 Å².